The average Bonchev–Trinajstić information content (AvgIpc) is 1.77. The smallest absolute Gasteiger partial charge is 0.335 e. The summed E-state index contributed by atoms with van der Waals surface area (Å²) in [5, 5.41) is 8.57. The molecule has 76 valence electrons. The van der Waals surface area contributed by atoms with Gasteiger partial charge < -0.3 is 5.11 Å². The molecule has 1 N–H and O–H groups in total. The van der Waals surface area contributed by atoms with E-state index in [4.69, 9.17) is 74.7 Å². The molecule has 0 aromatic heterocycles. The van der Waals surface area contributed by atoms with Crippen LogP contribution in [0.3, 0.4) is 0 Å². The van der Waals surface area contributed by atoms with Crippen LogP contribution in [-0.4, -0.2) is 18.7 Å². The summed E-state index contributed by atoms with van der Waals surface area (Å²) in [6, 6.07) is 0. The van der Waals surface area contributed by atoms with E-state index in [0.717, 1.165) is 6.08 Å². The van der Waals surface area contributed by atoms with E-state index in [1.54, 1.807) is 0 Å². The number of alkyl halides is 6. The Morgan fingerprint density at radius 2 is 1.46 bits per heavy atom. The van der Waals surface area contributed by atoms with E-state index in [0.29, 0.717) is 0 Å². The van der Waals surface area contributed by atoms with Crippen LogP contribution in [0.4, 0.5) is 0 Å². The topological polar surface area (TPSA) is 37.3 Å². The molecule has 0 spiro atoms. The van der Waals surface area contributed by atoms with Crippen LogP contribution in [0.25, 0.3) is 0 Å². The highest BCUT2D eigenvalue weighted by Crippen LogP contribution is 2.39. The van der Waals surface area contributed by atoms with Crippen LogP contribution in [-0.2, 0) is 4.79 Å². The minimum atomic E-state index is -2.13. The maximum absolute atomic E-state index is 10.5. The molecule has 0 aliphatic heterocycles. The lowest BCUT2D eigenvalue weighted by Gasteiger charge is -2.14. The molecule has 0 rings (SSSR count). The largest absolute Gasteiger partial charge is 0.478 e. The third-order valence-corrected chi connectivity index (χ3v) is 1.78. The van der Waals surface area contributed by atoms with Gasteiger partial charge >= 0.3 is 5.97 Å². The Hall–Kier alpha value is 0.950. The molecule has 13 heavy (non-hydrogen) atoms. The standard InChI is InChI=1S/C5H2Cl6O2/c6-4(7,8)1-2(3(12)13)5(9,10)11/h1H,(H,12,13)/b2-1+. The van der Waals surface area contributed by atoms with Crippen molar-refractivity contribution >= 4 is 75.6 Å². The predicted octanol–water partition coefficient (Wildman–Crippen LogP) is 3.74. The first-order valence-corrected chi connectivity index (χ1v) is 4.91. The van der Waals surface area contributed by atoms with E-state index < -0.39 is 19.1 Å². The van der Waals surface area contributed by atoms with Gasteiger partial charge in [-0.25, -0.2) is 4.79 Å². The van der Waals surface area contributed by atoms with Crippen molar-refractivity contribution in [1.29, 1.82) is 0 Å². The van der Waals surface area contributed by atoms with Gasteiger partial charge in [-0.15, -0.1) is 0 Å². The zero-order valence-electron chi connectivity index (χ0n) is 5.70. The lowest BCUT2D eigenvalue weighted by Crippen LogP contribution is -2.18. The molecule has 0 saturated heterocycles. The molecule has 2 nitrogen and oxygen atoms in total. The van der Waals surface area contributed by atoms with Crippen molar-refractivity contribution < 1.29 is 9.90 Å². The Bertz CT molecular complexity index is 234. The maximum Gasteiger partial charge on any atom is 0.335 e. The third kappa shape index (κ3) is 6.10. The normalized spacial score (nSPS) is 14.5. The Labute approximate surface area is 104 Å². The number of rotatable bonds is 1. The lowest BCUT2D eigenvalue weighted by atomic mass is 10.3. The van der Waals surface area contributed by atoms with Crippen LogP contribution in [0.2, 0.25) is 0 Å². The van der Waals surface area contributed by atoms with E-state index in [1.807, 2.05) is 0 Å². The van der Waals surface area contributed by atoms with Gasteiger partial charge in [0.2, 0.25) is 7.59 Å². The number of allylic oxidation sites excluding steroid dienone is 1. The van der Waals surface area contributed by atoms with E-state index >= 15 is 0 Å². The summed E-state index contributed by atoms with van der Waals surface area (Å²) in [6.45, 7) is 0. The van der Waals surface area contributed by atoms with Crippen molar-refractivity contribution in [2.24, 2.45) is 0 Å². The fraction of sp³-hybridized carbons (Fsp3) is 0.400. The van der Waals surface area contributed by atoms with Crippen LogP contribution in [0.15, 0.2) is 11.6 Å². The van der Waals surface area contributed by atoms with E-state index in [-0.39, 0.29) is 0 Å². The lowest BCUT2D eigenvalue weighted by molar-refractivity contribution is -0.132. The van der Waals surface area contributed by atoms with E-state index in [2.05, 4.69) is 0 Å². The second kappa shape index (κ2) is 4.65. The summed E-state index contributed by atoms with van der Waals surface area (Å²) in [5.74, 6) is -1.47. The summed E-state index contributed by atoms with van der Waals surface area (Å²) < 4.78 is -4.05. The van der Waals surface area contributed by atoms with E-state index in [9.17, 15) is 4.79 Å². The van der Waals surface area contributed by atoms with Crippen LogP contribution in [0.5, 0.6) is 0 Å². The third-order valence-electron chi connectivity index (χ3n) is 0.844. The number of carbonyl (C=O) groups is 1. The van der Waals surface area contributed by atoms with Gasteiger partial charge in [-0.05, 0) is 6.08 Å². The van der Waals surface area contributed by atoms with Crippen molar-refractivity contribution in [2.45, 2.75) is 7.59 Å². The highest BCUT2D eigenvalue weighted by Gasteiger charge is 2.34. The molecule has 0 aromatic carbocycles. The summed E-state index contributed by atoms with van der Waals surface area (Å²) >= 11 is 31.8. The summed E-state index contributed by atoms with van der Waals surface area (Å²) in [5.41, 5.74) is -0.613. The minimum absolute atomic E-state index is 0.613. The molecule has 0 aliphatic carbocycles. The molecule has 8 heteroatoms. The monoisotopic (exact) mass is 304 g/mol. The zero-order valence-corrected chi connectivity index (χ0v) is 10.2. The molecular weight excluding hydrogens is 305 g/mol. The Balaban J connectivity index is 5.06. The SMILES string of the molecule is O=C(O)/C(=C\C(Cl)(Cl)Cl)C(Cl)(Cl)Cl. The molecule has 0 fully saturated rings. The molecule has 0 heterocycles. The summed E-state index contributed by atoms with van der Waals surface area (Å²) in [7, 11) is 0. The van der Waals surface area contributed by atoms with Gasteiger partial charge in [0.25, 0.3) is 0 Å². The number of aliphatic carboxylic acids is 1. The second-order valence-electron chi connectivity index (χ2n) is 1.90. The molecular formula is C5H2Cl6O2. The van der Waals surface area contributed by atoms with E-state index in [1.165, 1.54) is 0 Å². The predicted molar refractivity (Wildman–Crippen MR) is 56.3 cm³/mol. The number of halogens is 6. The molecule has 0 unspecified atom stereocenters. The van der Waals surface area contributed by atoms with Crippen molar-refractivity contribution in [3.63, 3.8) is 0 Å². The van der Waals surface area contributed by atoms with Gasteiger partial charge in [0, 0.05) is 0 Å². The fourth-order valence-corrected chi connectivity index (χ4v) is 1.16. The summed E-state index contributed by atoms with van der Waals surface area (Å²) in [4.78, 5) is 10.5. The van der Waals surface area contributed by atoms with Crippen LogP contribution >= 0.6 is 69.6 Å². The Kier molecular flexibility index (Phi) is 4.99. The second-order valence-corrected chi connectivity index (χ2v) is 6.55. The number of hydrogen-bond acceptors (Lipinski definition) is 1. The highest BCUT2D eigenvalue weighted by atomic mass is 35.6. The van der Waals surface area contributed by atoms with Gasteiger partial charge in [-0.1, -0.05) is 69.6 Å². The van der Waals surface area contributed by atoms with Crippen molar-refractivity contribution in [3.8, 4) is 0 Å². The van der Waals surface area contributed by atoms with Crippen molar-refractivity contribution in [3.05, 3.63) is 11.6 Å². The zero-order chi connectivity index (χ0) is 10.9. The highest BCUT2D eigenvalue weighted by molar-refractivity contribution is 6.72. The van der Waals surface area contributed by atoms with Gasteiger partial charge in [0.15, 0.2) is 0 Å². The molecule has 0 aliphatic rings. The summed E-state index contributed by atoms with van der Waals surface area (Å²) in [6.07, 6.45) is 0.729. The van der Waals surface area contributed by atoms with Crippen molar-refractivity contribution in [2.75, 3.05) is 0 Å². The number of carboxylic acid groups (broad SMARTS) is 1. The molecule has 0 atom stereocenters. The van der Waals surface area contributed by atoms with Crippen LogP contribution in [0, 0.1) is 0 Å². The fourth-order valence-electron chi connectivity index (χ4n) is 0.428. The molecule has 0 bridgehead atoms. The number of carboxylic acids is 1. The first-order chi connectivity index (χ1) is 5.54. The van der Waals surface area contributed by atoms with Gasteiger partial charge in [-0.2, -0.15) is 0 Å². The molecule has 0 aromatic rings. The quantitative estimate of drug-likeness (QED) is 0.592. The van der Waals surface area contributed by atoms with Gasteiger partial charge in [-0.3, -0.25) is 0 Å². The Morgan fingerprint density at radius 3 is 1.54 bits per heavy atom. The number of hydrogen-bond donors (Lipinski definition) is 1. The van der Waals surface area contributed by atoms with Crippen molar-refractivity contribution in [1.82, 2.24) is 0 Å². The molecule has 0 radical (unpaired) electrons. The molecule has 0 amide bonds. The minimum Gasteiger partial charge on any atom is -0.478 e. The average molecular weight is 307 g/mol. The first-order valence-electron chi connectivity index (χ1n) is 2.64. The Morgan fingerprint density at radius 1 is 1.08 bits per heavy atom. The van der Waals surface area contributed by atoms with Crippen LogP contribution < -0.4 is 0 Å². The maximum atomic E-state index is 10.5. The molecule has 0 saturated carbocycles. The van der Waals surface area contributed by atoms with Crippen LogP contribution in [0.1, 0.15) is 0 Å². The van der Waals surface area contributed by atoms with Gasteiger partial charge in [0.05, 0.1) is 5.57 Å². The first kappa shape index (κ1) is 13.9. The van der Waals surface area contributed by atoms with Gasteiger partial charge in [0.1, 0.15) is 0 Å².